The lowest BCUT2D eigenvalue weighted by Crippen LogP contribution is -2.36. The normalized spacial score (nSPS) is 16.6. The van der Waals surface area contributed by atoms with Gasteiger partial charge in [0.2, 0.25) is 0 Å². The maximum atomic E-state index is 12.6. The minimum absolute atomic E-state index is 0.229. The van der Waals surface area contributed by atoms with Gasteiger partial charge in [-0.15, -0.1) is 0 Å². The lowest BCUT2D eigenvalue weighted by atomic mass is 9.89. The minimum Gasteiger partial charge on any atom is -0.362 e. The van der Waals surface area contributed by atoms with Crippen molar-refractivity contribution < 1.29 is 4.79 Å². The predicted octanol–water partition coefficient (Wildman–Crippen LogP) is 4.18. The van der Waals surface area contributed by atoms with E-state index in [1.54, 1.807) is 0 Å². The highest BCUT2D eigenvalue weighted by atomic mass is 16.1. The number of carbonyl (C=O) groups is 1. The van der Waals surface area contributed by atoms with Gasteiger partial charge in [-0.1, -0.05) is 18.2 Å². The summed E-state index contributed by atoms with van der Waals surface area (Å²) in [4.78, 5) is 21.5. The van der Waals surface area contributed by atoms with Crippen LogP contribution >= 0.6 is 0 Å². The fourth-order valence-electron chi connectivity index (χ4n) is 4.14. The van der Waals surface area contributed by atoms with E-state index in [0.29, 0.717) is 12.5 Å². The monoisotopic (exact) mass is 335 g/mol. The first kappa shape index (κ1) is 16.2. The molecule has 0 aliphatic carbocycles. The van der Waals surface area contributed by atoms with Gasteiger partial charge in [-0.25, -0.2) is 0 Å². The fraction of sp³-hybridized carbons (Fsp3) is 0.381. The summed E-state index contributed by atoms with van der Waals surface area (Å²) in [5.74, 6) is 0.811. The number of likely N-dealkylation sites (tertiary alicyclic amines) is 1. The number of hydrogen-bond donors (Lipinski definition) is 2. The first-order chi connectivity index (χ1) is 12.1. The molecule has 0 atom stereocenters. The van der Waals surface area contributed by atoms with Crippen LogP contribution in [0.25, 0.3) is 10.9 Å². The lowest BCUT2D eigenvalue weighted by molar-refractivity contribution is 0.0909. The van der Waals surface area contributed by atoms with Crippen LogP contribution in [-0.4, -0.2) is 40.3 Å². The molecule has 4 nitrogen and oxygen atoms in total. The number of benzene rings is 1. The molecule has 1 saturated heterocycles. The van der Waals surface area contributed by atoms with Crippen molar-refractivity contribution in [2.45, 2.75) is 32.6 Å². The molecule has 1 fully saturated rings. The second-order valence-electron chi connectivity index (χ2n) is 7.25. The number of carbonyl (C=O) groups excluding carboxylic acids is 1. The largest absolute Gasteiger partial charge is 0.362 e. The second-order valence-corrected chi connectivity index (χ2v) is 7.25. The molecule has 0 spiro atoms. The van der Waals surface area contributed by atoms with Crippen LogP contribution in [0.2, 0.25) is 0 Å². The Morgan fingerprint density at radius 2 is 1.96 bits per heavy atom. The molecule has 3 aromatic rings. The summed E-state index contributed by atoms with van der Waals surface area (Å²) in [7, 11) is 0. The Kier molecular flexibility index (Phi) is 4.22. The van der Waals surface area contributed by atoms with Gasteiger partial charge in [0.15, 0.2) is 5.78 Å². The quantitative estimate of drug-likeness (QED) is 0.703. The van der Waals surface area contributed by atoms with Crippen molar-refractivity contribution in [2.75, 3.05) is 19.6 Å². The number of H-pyrrole nitrogens is 2. The SMILES string of the molecule is Cc1cc(C(=O)CN2CCC(c3c[nH]c4ccccc34)CC2)c(C)[nH]1. The molecule has 2 aromatic heterocycles. The van der Waals surface area contributed by atoms with Crippen LogP contribution < -0.4 is 0 Å². The molecule has 0 unspecified atom stereocenters. The molecule has 1 aliphatic heterocycles. The summed E-state index contributed by atoms with van der Waals surface area (Å²) in [6, 6.07) is 10.5. The second kappa shape index (κ2) is 6.52. The molecule has 2 N–H and O–H groups in total. The topological polar surface area (TPSA) is 51.9 Å². The van der Waals surface area contributed by atoms with Crippen LogP contribution in [0.5, 0.6) is 0 Å². The summed E-state index contributed by atoms with van der Waals surface area (Å²) >= 11 is 0. The van der Waals surface area contributed by atoms with E-state index in [0.717, 1.165) is 42.9 Å². The van der Waals surface area contributed by atoms with Crippen molar-refractivity contribution in [3.8, 4) is 0 Å². The number of hydrogen-bond acceptors (Lipinski definition) is 2. The summed E-state index contributed by atoms with van der Waals surface area (Å²) < 4.78 is 0. The van der Waals surface area contributed by atoms with E-state index in [-0.39, 0.29) is 5.78 Å². The highest BCUT2D eigenvalue weighted by molar-refractivity contribution is 5.98. The number of aromatic amines is 2. The molecule has 0 radical (unpaired) electrons. The molecule has 25 heavy (non-hydrogen) atoms. The number of aromatic nitrogens is 2. The Morgan fingerprint density at radius 1 is 1.20 bits per heavy atom. The number of piperidine rings is 1. The van der Waals surface area contributed by atoms with E-state index in [9.17, 15) is 4.79 Å². The molecule has 0 saturated carbocycles. The van der Waals surface area contributed by atoms with E-state index in [1.807, 2.05) is 19.9 Å². The summed E-state index contributed by atoms with van der Waals surface area (Å²) in [5.41, 5.74) is 5.53. The van der Waals surface area contributed by atoms with Gasteiger partial charge in [-0.3, -0.25) is 9.69 Å². The third kappa shape index (κ3) is 3.14. The van der Waals surface area contributed by atoms with E-state index in [1.165, 1.54) is 16.5 Å². The van der Waals surface area contributed by atoms with Gasteiger partial charge in [0.1, 0.15) is 0 Å². The molecule has 0 bridgehead atoms. The van der Waals surface area contributed by atoms with Gasteiger partial charge >= 0.3 is 0 Å². The van der Waals surface area contributed by atoms with Gasteiger partial charge in [0, 0.05) is 34.1 Å². The highest BCUT2D eigenvalue weighted by Crippen LogP contribution is 2.33. The van der Waals surface area contributed by atoms with E-state index >= 15 is 0 Å². The highest BCUT2D eigenvalue weighted by Gasteiger charge is 2.24. The third-order valence-corrected chi connectivity index (χ3v) is 5.47. The van der Waals surface area contributed by atoms with Crippen molar-refractivity contribution >= 4 is 16.7 Å². The maximum absolute atomic E-state index is 12.6. The van der Waals surface area contributed by atoms with Gasteiger partial charge in [-0.05, 0) is 63.4 Å². The zero-order valence-electron chi connectivity index (χ0n) is 14.9. The van der Waals surface area contributed by atoms with Crippen LogP contribution in [-0.2, 0) is 0 Å². The first-order valence-electron chi connectivity index (χ1n) is 9.09. The zero-order valence-corrected chi connectivity index (χ0v) is 14.9. The Morgan fingerprint density at radius 3 is 2.68 bits per heavy atom. The first-order valence-corrected chi connectivity index (χ1v) is 9.09. The molecule has 3 heterocycles. The molecule has 1 aromatic carbocycles. The number of nitrogens with zero attached hydrogens (tertiary/aromatic N) is 1. The average Bonchev–Trinajstić information content (AvgIpc) is 3.18. The molecule has 130 valence electrons. The summed E-state index contributed by atoms with van der Waals surface area (Å²) in [5, 5.41) is 1.34. The van der Waals surface area contributed by atoms with Crippen LogP contribution in [0.1, 0.15) is 46.1 Å². The third-order valence-electron chi connectivity index (χ3n) is 5.47. The number of Topliss-reactive ketones (excluding diaryl/α,β-unsaturated/α-hetero) is 1. The molecule has 0 amide bonds. The Hall–Kier alpha value is -2.33. The Bertz CT molecular complexity index is 897. The minimum atomic E-state index is 0.229. The lowest BCUT2D eigenvalue weighted by Gasteiger charge is -2.31. The van der Waals surface area contributed by atoms with Gasteiger partial charge in [0.25, 0.3) is 0 Å². The van der Waals surface area contributed by atoms with E-state index < -0.39 is 0 Å². The van der Waals surface area contributed by atoms with Crippen molar-refractivity contribution in [3.63, 3.8) is 0 Å². The smallest absolute Gasteiger partial charge is 0.178 e. The number of rotatable bonds is 4. The van der Waals surface area contributed by atoms with Crippen LogP contribution in [0, 0.1) is 13.8 Å². The van der Waals surface area contributed by atoms with Crippen molar-refractivity contribution in [1.29, 1.82) is 0 Å². The molecule has 4 rings (SSSR count). The average molecular weight is 335 g/mol. The number of fused-ring (bicyclic) bond motifs is 1. The van der Waals surface area contributed by atoms with Crippen molar-refractivity contribution in [1.82, 2.24) is 14.9 Å². The molecule has 1 aliphatic rings. The molecule has 4 heteroatoms. The molecular weight excluding hydrogens is 310 g/mol. The molecular formula is C21H25N3O. The van der Waals surface area contributed by atoms with E-state index in [2.05, 4.69) is 45.3 Å². The Balaban J connectivity index is 1.40. The standard InChI is InChI=1S/C21H25N3O/c1-14-11-18(15(2)23-14)21(25)13-24-9-7-16(8-10-24)19-12-22-20-6-4-3-5-17(19)20/h3-6,11-12,16,22-23H,7-10,13H2,1-2H3. The Labute approximate surface area is 148 Å². The predicted molar refractivity (Wildman–Crippen MR) is 101 cm³/mol. The van der Waals surface area contributed by atoms with Crippen molar-refractivity contribution in [2.24, 2.45) is 0 Å². The van der Waals surface area contributed by atoms with E-state index in [4.69, 9.17) is 0 Å². The number of nitrogens with one attached hydrogen (secondary N) is 2. The van der Waals surface area contributed by atoms with Crippen LogP contribution in [0.3, 0.4) is 0 Å². The zero-order chi connectivity index (χ0) is 17.4. The summed E-state index contributed by atoms with van der Waals surface area (Å²) in [6.07, 6.45) is 4.39. The maximum Gasteiger partial charge on any atom is 0.178 e. The van der Waals surface area contributed by atoms with Gasteiger partial charge in [-0.2, -0.15) is 0 Å². The van der Waals surface area contributed by atoms with Crippen LogP contribution in [0.4, 0.5) is 0 Å². The van der Waals surface area contributed by atoms with Gasteiger partial charge in [0.05, 0.1) is 6.54 Å². The van der Waals surface area contributed by atoms with Crippen LogP contribution in [0.15, 0.2) is 36.5 Å². The van der Waals surface area contributed by atoms with Crippen molar-refractivity contribution in [3.05, 3.63) is 59.0 Å². The number of aryl methyl sites for hydroxylation is 2. The fourth-order valence-corrected chi connectivity index (χ4v) is 4.14. The number of para-hydroxylation sites is 1. The summed E-state index contributed by atoms with van der Waals surface area (Å²) in [6.45, 7) is 6.47. The number of ketones is 1. The van der Waals surface area contributed by atoms with Gasteiger partial charge < -0.3 is 9.97 Å².